The third-order valence-corrected chi connectivity index (χ3v) is 3.04. The third-order valence-electron chi connectivity index (χ3n) is 3.04. The van der Waals surface area contributed by atoms with Crippen LogP contribution in [0.3, 0.4) is 0 Å². The van der Waals surface area contributed by atoms with Gasteiger partial charge in [-0.2, -0.15) is 0 Å². The van der Waals surface area contributed by atoms with E-state index in [1.807, 2.05) is 6.07 Å². The van der Waals surface area contributed by atoms with Crippen LogP contribution >= 0.6 is 0 Å². The molecule has 0 bridgehead atoms. The van der Waals surface area contributed by atoms with Gasteiger partial charge in [0, 0.05) is 18.3 Å². The Labute approximate surface area is 133 Å². The van der Waals surface area contributed by atoms with Crippen molar-refractivity contribution in [3.05, 3.63) is 65.4 Å². The van der Waals surface area contributed by atoms with Crippen LogP contribution in [0.4, 0.5) is 10.1 Å². The summed E-state index contributed by atoms with van der Waals surface area (Å²) >= 11 is 0. The van der Waals surface area contributed by atoms with Crippen molar-refractivity contribution in [1.82, 2.24) is 4.98 Å². The highest BCUT2D eigenvalue weighted by atomic mass is 19.1. The van der Waals surface area contributed by atoms with Gasteiger partial charge in [0.05, 0.1) is 17.7 Å². The minimum Gasteiger partial charge on any atom is -0.404 e. The van der Waals surface area contributed by atoms with Crippen molar-refractivity contribution < 1.29 is 4.39 Å². The Balaban J connectivity index is 2.09. The summed E-state index contributed by atoms with van der Waals surface area (Å²) in [7, 11) is 0. The molecule has 0 aliphatic carbocycles. The number of aromatic nitrogens is 1. The Hall–Kier alpha value is -3.22. The summed E-state index contributed by atoms with van der Waals surface area (Å²) < 4.78 is 13.5. The van der Waals surface area contributed by atoms with Crippen molar-refractivity contribution in [3.63, 3.8) is 0 Å². The zero-order valence-electron chi connectivity index (χ0n) is 12.3. The van der Waals surface area contributed by atoms with Crippen LogP contribution in [0, 0.1) is 11.2 Å². The Morgan fingerprint density at radius 3 is 2.70 bits per heavy atom. The molecule has 0 amide bonds. The lowest BCUT2D eigenvalue weighted by molar-refractivity contribution is 0.630. The number of nitrogens with zero attached hydrogens (tertiary/aromatic N) is 2. The van der Waals surface area contributed by atoms with Crippen LogP contribution in [-0.2, 0) is 6.42 Å². The fourth-order valence-corrected chi connectivity index (χ4v) is 1.90. The SMILES string of the molecule is N=C(N=CN)c1ccc(CC(C=Nc2ccccc2F)=CN)[nH]1. The maximum absolute atomic E-state index is 13.5. The molecule has 0 spiro atoms. The van der Waals surface area contributed by atoms with E-state index >= 15 is 0 Å². The summed E-state index contributed by atoms with van der Waals surface area (Å²) in [4.78, 5) is 10.8. The molecule has 1 heterocycles. The molecule has 0 radical (unpaired) electrons. The Morgan fingerprint density at radius 1 is 1.22 bits per heavy atom. The molecule has 6 N–H and O–H groups in total. The molecule has 7 heteroatoms. The number of aromatic amines is 1. The summed E-state index contributed by atoms with van der Waals surface area (Å²) in [6.07, 6.45) is 4.46. The lowest BCUT2D eigenvalue weighted by Gasteiger charge is -2.00. The van der Waals surface area contributed by atoms with E-state index in [1.165, 1.54) is 18.5 Å². The molecule has 0 aliphatic rings. The van der Waals surface area contributed by atoms with Crippen LogP contribution in [0.2, 0.25) is 0 Å². The Bertz CT molecular complexity index is 772. The minimum atomic E-state index is -0.393. The van der Waals surface area contributed by atoms with Gasteiger partial charge in [-0.3, -0.25) is 10.4 Å². The standard InChI is InChI=1S/C16H17FN6/c17-13-3-1-2-4-14(13)21-9-11(8-18)7-12-5-6-15(23-12)16(20)22-10-19/h1-6,8-10,23H,7,18H2,(H3,19,20,22). The van der Waals surface area contributed by atoms with Gasteiger partial charge in [0.15, 0.2) is 5.84 Å². The number of benzene rings is 1. The predicted octanol–water partition coefficient (Wildman–Crippen LogP) is 2.25. The second kappa shape index (κ2) is 7.69. The van der Waals surface area contributed by atoms with Gasteiger partial charge < -0.3 is 16.5 Å². The van der Waals surface area contributed by atoms with Crippen LogP contribution in [0.5, 0.6) is 0 Å². The molecule has 0 unspecified atom stereocenters. The first-order valence-electron chi connectivity index (χ1n) is 6.84. The minimum absolute atomic E-state index is 0.0389. The zero-order chi connectivity index (χ0) is 16.7. The van der Waals surface area contributed by atoms with Gasteiger partial charge in [0.25, 0.3) is 0 Å². The zero-order valence-corrected chi connectivity index (χ0v) is 12.3. The summed E-state index contributed by atoms with van der Waals surface area (Å²) in [5.41, 5.74) is 13.1. The molecule has 0 aliphatic heterocycles. The quantitative estimate of drug-likeness (QED) is 0.500. The smallest absolute Gasteiger partial charge is 0.169 e. The maximum Gasteiger partial charge on any atom is 0.169 e. The van der Waals surface area contributed by atoms with Crippen LogP contribution in [0.15, 0.2) is 58.2 Å². The lowest BCUT2D eigenvalue weighted by Crippen LogP contribution is -2.01. The molecule has 0 fully saturated rings. The number of nitrogens with two attached hydrogens (primary N) is 2. The van der Waals surface area contributed by atoms with Crippen molar-refractivity contribution in [1.29, 1.82) is 5.41 Å². The van der Waals surface area contributed by atoms with E-state index in [9.17, 15) is 4.39 Å². The molecule has 0 atom stereocenters. The van der Waals surface area contributed by atoms with Gasteiger partial charge in [0.2, 0.25) is 0 Å². The van der Waals surface area contributed by atoms with Crippen molar-refractivity contribution >= 4 is 24.1 Å². The fraction of sp³-hybridized carbons (Fsp3) is 0.0625. The van der Waals surface area contributed by atoms with Crippen LogP contribution < -0.4 is 11.5 Å². The van der Waals surface area contributed by atoms with Gasteiger partial charge in [0.1, 0.15) is 5.82 Å². The molecule has 6 nitrogen and oxygen atoms in total. The van der Waals surface area contributed by atoms with E-state index in [0.717, 1.165) is 12.0 Å². The number of para-hydroxylation sites is 1. The van der Waals surface area contributed by atoms with Crippen molar-refractivity contribution in [3.8, 4) is 0 Å². The second-order valence-electron chi connectivity index (χ2n) is 4.65. The molecular formula is C16H17FN6. The molecule has 0 saturated heterocycles. The normalized spacial score (nSPS) is 12.3. The summed E-state index contributed by atoms with van der Waals surface area (Å²) in [5.74, 6) is -0.354. The van der Waals surface area contributed by atoms with Crippen molar-refractivity contribution in [2.24, 2.45) is 21.5 Å². The monoisotopic (exact) mass is 312 g/mol. The Kier molecular flexibility index (Phi) is 5.40. The molecule has 2 aromatic rings. The lowest BCUT2D eigenvalue weighted by atomic mass is 10.2. The fourth-order valence-electron chi connectivity index (χ4n) is 1.90. The molecule has 0 saturated carbocycles. The topological polar surface area (TPSA) is 116 Å². The predicted molar refractivity (Wildman–Crippen MR) is 90.8 cm³/mol. The molecular weight excluding hydrogens is 295 g/mol. The molecule has 1 aromatic carbocycles. The van der Waals surface area contributed by atoms with Crippen LogP contribution in [-0.4, -0.2) is 23.4 Å². The summed E-state index contributed by atoms with van der Waals surface area (Å²) in [6.45, 7) is 0. The van der Waals surface area contributed by atoms with Gasteiger partial charge >= 0.3 is 0 Å². The number of allylic oxidation sites excluding steroid dienone is 1. The highest BCUT2D eigenvalue weighted by Crippen LogP contribution is 2.16. The molecule has 23 heavy (non-hydrogen) atoms. The number of hydrogen-bond acceptors (Lipinski definition) is 3. The largest absolute Gasteiger partial charge is 0.404 e. The number of halogens is 1. The Morgan fingerprint density at radius 2 is 2.00 bits per heavy atom. The number of hydrogen-bond donors (Lipinski definition) is 4. The number of nitrogens with one attached hydrogen (secondary N) is 2. The summed E-state index contributed by atoms with van der Waals surface area (Å²) in [5, 5.41) is 7.67. The third kappa shape index (κ3) is 4.37. The van der Waals surface area contributed by atoms with Gasteiger partial charge in [-0.15, -0.1) is 0 Å². The van der Waals surface area contributed by atoms with E-state index < -0.39 is 5.82 Å². The van der Waals surface area contributed by atoms with Crippen molar-refractivity contribution in [2.75, 3.05) is 0 Å². The van der Waals surface area contributed by atoms with Gasteiger partial charge in [-0.25, -0.2) is 9.38 Å². The number of rotatable bonds is 5. The van der Waals surface area contributed by atoms with E-state index in [-0.39, 0.29) is 11.5 Å². The molecule has 2 rings (SSSR count). The average molecular weight is 312 g/mol. The van der Waals surface area contributed by atoms with Gasteiger partial charge in [-0.1, -0.05) is 12.1 Å². The van der Waals surface area contributed by atoms with E-state index in [0.29, 0.717) is 17.7 Å². The average Bonchev–Trinajstić information content (AvgIpc) is 3.01. The molecule has 1 aromatic heterocycles. The number of aliphatic imine (C=N–C) groups is 2. The highest BCUT2D eigenvalue weighted by Gasteiger charge is 2.05. The maximum atomic E-state index is 13.5. The first kappa shape index (κ1) is 16.2. The first-order chi connectivity index (χ1) is 11.1. The van der Waals surface area contributed by atoms with E-state index in [2.05, 4.69) is 15.0 Å². The van der Waals surface area contributed by atoms with Crippen molar-refractivity contribution in [2.45, 2.75) is 6.42 Å². The first-order valence-corrected chi connectivity index (χ1v) is 6.84. The number of H-pyrrole nitrogens is 1. The van der Waals surface area contributed by atoms with Crippen LogP contribution in [0.1, 0.15) is 11.4 Å². The van der Waals surface area contributed by atoms with Gasteiger partial charge in [-0.05, 0) is 36.0 Å². The van der Waals surface area contributed by atoms with E-state index in [4.69, 9.17) is 16.9 Å². The number of amidine groups is 1. The molecule has 118 valence electrons. The van der Waals surface area contributed by atoms with Crippen LogP contribution in [0.25, 0.3) is 0 Å². The second-order valence-corrected chi connectivity index (χ2v) is 4.65. The highest BCUT2D eigenvalue weighted by molar-refractivity contribution is 5.99. The summed E-state index contributed by atoms with van der Waals surface area (Å²) in [6, 6.07) is 9.79. The van der Waals surface area contributed by atoms with E-state index in [1.54, 1.807) is 24.3 Å².